The van der Waals surface area contributed by atoms with E-state index in [9.17, 15) is 0 Å². The van der Waals surface area contributed by atoms with Crippen LogP contribution in [0.4, 0.5) is 0 Å². The normalized spacial score (nSPS) is 12.6. The second-order valence-electron chi connectivity index (χ2n) is 1.67. The van der Waals surface area contributed by atoms with Gasteiger partial charge in [0, 0.05) is 19.5 Å². The number of hydrogen-bond acceptors (Lipinski definition) is 2. The Hall–Kier alpha value is -0.790. The molecule has 0 amide bonds. The Morgan fingerprint density at radius 1 is 1.67 bits per heavy atom. The molecule has 0 heterocycles. The second-order valence-corrected chi connectivity index (χ2v) is 1.67. The molecule has 0 aliphatic carbocycles. The van der Waals surface area contributed by atoms with Crippen LogP contribution in [0.15, 0.2) is 16.9 Å². The van der Waals surface area contributed by atoms with E-state index in [-0.39, 0.29) is 0 Å². The van der Waals surface area contributed by atoms with E-state index in [1.165, 1.54) is 0 Å². The molecule has 0 unspecified atom stereocenters. The molecule has 9 heavy (non-hydrogen) atoms. The van der Waals surface area contributed by atoms with Crippen molar-refractivity contribution in [2.45, 2.75) is 20.3 Å². The predicted molar refractivity (Wildman–Crippen MR) is 41.6 cm³/mol. The maximum Gasteiger partial charge on any atom is 0.0552 e. The summed E-state index contributed by atoms with van der Waals surface area (Å²) in [5, 5.41) is 2.93. The summed E-state index contributed by atoms with van der Waals surface area (Å²) in [6.07, 6.45) is 4.68. The van der Waals surface area contributed by atoms with Gasteiger partial charge in [0.2, 0.25) is 0 Å². The van der Waals surface area contributed by atoms with Gasteiger partial charge in [0.05, 0.1) is 5.70 Å². The first-order valence-electron chi connectivity index (χ1n) is 3.20. The molecule has 2 heteroatoms. The molecule has 0 aromatic rings. The minimum atomic E-state index is 0.977. The molecule has 0 radical (unpaired) electrons. The number of allylic oxidation sites excluding steroid dienone is 1. The van der Waals surface area contributed by atoms with Gasteiger partial charge in [-0.3, -0.25) is 4.99 Å². The van der Waals surface area contributed by atoms with E-state index >= 15 is 0 Å². The second kappa shape index (κ2) is 5.35. The number of nitrogens with one attached hydrogen (secondary N) is 1. The van der Waals surface area contributed by atoms with Crippen LogP contribution in [-0.4, -0.2) is 13.3 Å². The molecule has 0 saturated carbocycles. The van der Waals surface area contributed by atoms with Crippen molar-refractivity contribution in [2.24, 2.45) is 4.99 Å². The Morgan fingerprint density at radius 2 is 2.33 bits per heavy atom. The van der Waals surface area contributed by atoms with Gasteiger partial charge in [0.1, 0.15) is 0 Å². The van der Waals surface area contributed by atoms with Gasteiger partial charge in [-0.25, -0.2) is 0 Å². The van der Waals surface area contributed by atoms with Crippen LogP contribution in [0, 0.1) is 0 Å². The molecule has 0 saturated heterocycles. The molecule has 52 valence electrons. The molecule has 0 aromatic carbocycles. The van der Waals surface area contributed by atoms with E-state index in [4.69, 9.17) is 0 Å². The average Bonchev–Trinajstić information content (AvgIpc) is 1.88. The fraction of sp³-hybridized carbons (Fsp3) is 0.571. The summed E-state index contributed by atoms with van der Waals surface area (Å²) in [5.41, 5.74) is 1.08. The van der Waals surface area contributed by atoms with Crippen LogP contribution in [0.25, 0.3) is 0 Å². The molecule has 0 fully saturated rings. The number of rotatable bonds is 3. The molecular formula is C7H14N2. The van der Waals surface area contributed by atoms with Gasteiger partial charge in [0.25, 0.3) is 0 Å². The van der Waals surface area contributed by atoms with Crippen molar-refractivity contribution in [3.05, 3.63) is 11.9 Å². The topological polar surface area (TPSA) is 24.4 Å². The van der Waals surface area contributed by atoms with Gasteiger partial charge in [-0.05, 0) is 13.3 Å². The Balaban J connectivity index is 3.81. The standard InChI is InChI=1S/C7H14N2/c1-4-7(6-8-3)9-5-2/h5-6,8H,4H2,1-3H3/b7-6-,9-5+. The highest BCUT2D eigenvalue weighted by atomic mass is 14.8. The zero-order valence-electron chi connectivity index (χ0n) is 6.31. The summed E-state index contributed by atoms with van der Waals surface area (Å²) < 4.78 is 0. The van der Waals surface area contributed by atoms with Crippen molar-refractivity contribution < 1.29 is 0 Å². The average molecular weight is 126 g/mol. The molecule has 0 rings (SSSR count). The number of aliphatic imine (C=N–C) groups is 1. The summed E-state index contributed by atoms with van der Waals surface area (Å²) in [6, 6.07) is 0. The minimum Gasteiger partial charge on any atom is -0.393 e. The van der Waals surface area contributed by atoms with Gasteiger partial charge in [-0.15, -0.1) is 0 Å². The maximum absolute atomic E-state index is 4.11. The van der Waals surface area contributed by atoms with Crippen molar-refractivity contribution in [1.82, 2.24) is 5.32 Å². The highest BCUT2D eigenvalue weighted by molar-refractivity contribution is 5.55. The molecule has 0 spiro atoms. The third kappa shape index (κ3) is 3.76. The molecule has 0 aliphatic heterocycles. The highest BCUT2D eigenvalue weighted by Gasteiger charge is 1.83. The molecule has 0 atom stereocenters. The highest BCUT2D eigenvalue weighted by Crippen LogP contribution is 1.97. The zero-order chi connectivity index (χ0) is 7.11. The third-order valence-electron chi connectivity index (χ3n) is 0.968. The number of nitrogens with zero attached hydrogens (tertiary/aromatic N) is 1. The van der Waals surface area contributed by atoms with Gasteiger partial charge in [-0.2, -0.15) is 0 Å². The quantitative estimate of drug-likeness (QED) is 0.570. The lowest BCUT2D eigenvalue weighted by atomic mass is 10.4. The van der Waals surface area contributed by atoms with E-state index in [2.05, 4.69) is 17.2 Å². The van der Waals surface area contributed by atoms with E-state index in [0.717, 1.165) is 12.1 Å². The summed E-state index contributed by atoms with van der Waals surface area (Å²) in [5.74, 6) is 0. The van der Waals surface area contributed by atoms with Crippen molar-refractivity contribution >= 4 is 6.21 Å². The molecule has 0 bridgehead atoms. The smallest absolute Gasteiger partial charge is 0.0552 e. The predicted octanol–water partition coefficient (Wildman–Crippen LogP) is 1.55. The Bertz CT molecular complexity index is 114. The van der Waals surface area contributed by atoms with Crippen molar-refractivity contribution in [2.75, 3.05) is 7.05 Å². The van der Waals surface area contributed by atoms with Gasteiger partial charge in [-0.1, -0.05) is 6.92 Å². The molecular weight excluding hydrogens is 112 g/mol. The van der Waals surface area contributed by atoms with Gasteiger partial charge >= 0.3 is 0 Å². The molecule has 1 N–H and O–H groups in total. The maximum atomic E-state index is 4.11. The van der Waals surface area contributed by atoms with Gasteiger partial charge < -0.3 is 5.32 Å². The lowest BCUT2D eigenvalue weighted by molar-refractivity contribution is 0.994. The van der Waals surface area contributed by atoms with Crippen molar-refractivity contribution in [3.63, 3.8) is 0 Å². The lowest BCUT2D eigenvalue weighted by Gasteiger charge is -1.93. The van der Waals surface area contributed by atoms with Crippen LogP contribution >= 0.6 is 0 Å². The van der Waals surface area contributed by atoms with Gasteiger partial charge in [0.15, 0.2) is 0 Å². The van der Waals surface area contributed by atoms with Crippen molar-refractivity contribution in [3.8, 4) is 0 Å². The zero-order valence-corrected chi connectivity index (χ0v) is 6.31. The minimum absolute atomic E-state index is 0.977. The fourth-order valence-corrected chi connectivity index (χ4v) is 0.563. The van der Waals surface area contributed by atoms with E-state index < -0.39 is 0 Å². The van der Waals surface area contributed by atoms with E-state index in [0.29, 0.717) is 0 Å². The van der Waals surface area contributed by atoms with E-state index in [1.807, 2.05) is 20.2 Å². The first kappa shape index (κ1) is 8.21. The van der Waals surface area contributed by atoms with Crippen molar-refractivity contribution in [1.29, 1.82) is 0 Å². The van der Waals surface area contributed by atoms with Crippen LogP contribution in [0.1, 0.15) is 20.3 Å². The molecule has 0 aromatic heterocycles. The van der Waals surface area contributed by atoms with Crippen LogP contribution < -0.4 is 5.32 Å². The molecule has 0 aliphatic rings. The van der Waals surface area contributed by atoms with Crippen LogP contribution in [0.3, 0.4) is 0 Å². The third-order valence-corrected chi connectivity index (χ3v) is 0.968. The van der Waals surface area contributed by atoms with Crippen LogP contribution in [0.2, 0.25) is 0 Å². The lowest BCUT2D eigenvalue weighted by Crippen LogP contribution is -1.94. The first-order chi connectivity index (χ1) is 4.35. The largest absolute Gasteiger partial charge is 0.393 e. The SMILES string of the molecule is C/C=N/C(=C\NC)CC. The summed E-state index contributed by atoms with van der Waals surface area (Å²) in [4.78, 5) is 4.11. The first-order valence-corrected chi connectivity index (χ1v) is 3.20. The summed E-state index contributed by atoms with van der Waals surface area (Å²) in [7, 11) is 1.88. The number of hydrogen-bond donors (Lipinski definition) is 1. The van der Waals surface area contributed by atoms with Crippen LogP contribution in [0.5, 0.6) is 0 Å². The summed E-state index contributed by atoms with van der Waals surface area (Å²) >= 11 is 0. The van der Waals surface area contributed by atoms with E-state index in [1.54, 1.807) is 6.21 Å². The Kier molecular flexibility index (Phi) is 4.88. The Labute approximate surface area is 56.7 Å². The fourth-order valence-electron chi connectivity index (χ4n) is 0.563. The summed E-state index contributed by atoms with van der Waals surface area (Å²) in [6.45, 7) is 4.00. The van der Waals surface area contributed by atoms with Crippen LogP contribution in [-0.2, 0) is 0 Å². The molecule has 2 nitrogen and oxygen atoms in total. The monoisotopic (exact) mass is 126 g/mol. The Morgan fingerprint density at radius 3 is 2.67 bits per heavy atom.